The minimum atomic E-state index is 0.172. The topological polar surface area (TPSA) is 63.6 Å². The van der Waals surface area contributed by atoms with Crippen LogP contribution in [0.25, 0.3) is 22.0 Å². The maximum atomic E-state index is 5.74. The fourth-order valence-corrected chi connectivity index (χ4v) is 4.28. The summed E-state index contributed by atoms with van der Waals surface area (Å²) in [4.78, 5) is 9.33. The molecular weight excluding hydrogens is 378 g/mol. The van der Waals surface area contributed by atoms with Crippen molar-refractivity contribution >= 4 is 22.4 Å². The summed E-state index contributed by atoms with van der Waals surface area (Å²) < 4.78 is 11.5. The van der Waals surface area contributed by atoms with Crippen molar-refractivity contribution < 1.29 is 9.47 Å². The van der Waals surface area contributed by atoms with Gasteiger partial charge in [-0.3, -0.25) is 4.98 Å². The number of rotatable bonds is 3. The van der Waals surface area contributed by atoms with Gasteiger partial charge in [-0.25, -0.2) is 0 Å². The van der Waals surface area contributed by atoms with E-state index in [0.717, 1.165) is 59.8 Å². The van der Waals surface area contributed by atoms with Crippen molar-refractivity contribution in [2.45, 2.75) is 26.1 Å². The summed E-state index contributed by atoms with van der Waals surface area (Å²) in [7, 11) is 0. The molecule has 2 unspecified atom stereocenters. The van der Waals surface area contributed by atoms with Gasteiger partial charge in [0.2, 0.25) is 0 Å². The van der Waals surface area contributed by atoms with E-state index < -0.39 is 0 Å². The van der Waals surface area contributed by atoms with Crippen LogP contribution in [0.5, 0.6) is 0 Å². The quantitative estimate of drug-likeness (QED) is 0.663. The minimum absolute atomic E-state index is 0.172. The Labute approximate surface area is 176 Å². The van der Waals surface area contributed by atoms with Gasteiger partial charge in [-0.15, -0.1) is 10.2 Å². The first-order chi connectivity index (χ1) is 14.7. The van der Waals surface area contributed by atoms with E-state index in [9.17, 15) is 0 Å². The summed E-state index contributed by atoms with van der Waals surface area (Å²) in [6.07, 6.45) is 2.30. The Balaban J connectivity index is 1.64. The Morgan fingerprint density at radius 2 is 1.43 bits per heavy atom. The van der Waals surface area contributed by atoms with Crippen LogP contribution in [0.3, 0.4) is 0 Å². The standard InChI is InChI=1S/C23H27N5O2/c1-16-14-27(8-10-29-16)22-19-12-21(18-6-4-3-5-7-18)24-13-20(19)23(26-25-22)28-9-11-30-17(2)15-28/h3-7,12-13,16-17H,8-11,14-15H2,1-2H3. The molecule has 1 aromatic carbocycles. The zero-order valence-corrected chi connectivity index (χ0v) is 17.5. The molecule has 0 spiro atoms. The molecule has 0 amide bonds. The zero-order chi connectivity index (χ0) is 20.5. The van der Waals surface area contributed by atoms with Crippen LogP contribution < -0.4 is 9.80 Å². The second-order valence-corrected chi connectivity index (χ2v) is 8.08. The normalized spacial score (nSPS) is 22.5. The maximum Gasteiger partial charge on any atom is 0.161 e. The number of morpholine rings is 2. The summed E-state index contributed by atoms with van der Waals surface area (Å²) in [5.41, 5.74) is 2.04. The smallest absolute Gasteiger partial charge is 0.161 e. The van der Waals surface area contributed by atoms with Gasteiger partial charge < -0.3 is 19.3 Å². The molecule has 3 aromatic rings. The van der Waals surface area contributed by atoms with Crippen LogP contribution in [0.4, 0.5) is 11.6 Å². The second kappa shape index (κ2) is 8.16. The molecule has 7 heteroatoms. The molecule has 2 atom stereocenters. The Morgan fingerprint density at radius 3 is 2.03 bits per heavy atom. The van der Waals surface area contributed by atoms with Crippen LogP contribution in [-0.2, 0) is 9.47 Å². The Bertz CT molecular complexity index is 1030. The molecule has 0 aliphatic carbocycles. The van der Waals surface area contributed by atoms with Crippen LogP contribution in [-0.4, -0.2) is 66.8 Å². The highest BCUT2D eigenvalue weighted by molar-refractivity contribution is 6.00. The highest BCUT2D eigenvalue weighted by Crippen LogP contribution is 2.34. The van der Waals surface area contributed by atoms with Gasteiger partial charge in [0.1, 0.15) is 0 Å². The van der Waals surface area contributed by atoms with Crippen LogP contribution in [0.15, 0.2) is 42.6 Å². The maximum absolute atomic E-state index is 5.74. The van der Waals surface area contributed by atoms with Crippen LogP contribution in [0.1, 0.15) is 13.8 Å². The second-order valence-electron chi connectivity index (χ2n) is 8.08. The Kier molecular flexibility index (Phi) is 5.23. The molecule has 7 nitrogen and oxygen atoms in total. The molecule has 2 saturated heterocycles. The van der Waals surface area contributed by atoms with E-state index in [0.29, 0.717) is 13.2 Å². The average Bonchev–Trinajstić information content (AvgIpc) is 2.78. The number of benzene rings is 1. The summed E-state index contributed by atoms with van der Waals surface area (Å²) in [6, 6.07) is 12.4. The number of anilines is 2. The first-order valence-electron chi connectivity index (χ1n) is 10.6. The Hall–Kier alpha value is -2.77. The number of fused-ring (bicyclic) bond motifs is 1. The van der Waals surface area contributed by atoms with E-state index in [2.05, 4.69) is 46.9 Å². The summed E-state index contributed by atoms with van der Waals surface area (Å²) >= 11 is 0. The largest absolute Gasteiger partial charge is 0.375 e. The van der Waals surface area contributed by atoms with Crippen molar-refractivity contribution in [2.24, 2.45) is 0 Å². The number of aromatic nitrogens is 3. The highest BCUT2D eigenvalue weighted by atomic mass is 16.5. The molecule has 5 rings (SSSR count). The lowest BCUT2D eigenvalue weighted by atomic mass is 10.1. The van der Waals surface area contributed by atoms with Crippen LogP contribution in [0.2, 0.25) is 0 Å². The van der Waals surface area contributed by atoms with Crippen molar-refractivity contribution in [3.8, 4) is 11.3 Å². The third kappa shape index (κ3) is 3.70. The molecule has 2 aliphatic rings. The first kappa shape index (κ1) is 19.2. The van der Waals surface area contributed by atoms with Gasteiger partial charge in [0.15, 0.2) is 11.6 Å². The van der Waals surface area contributed by atoms with Gasteiger partial charge in [0.05, 0.1) is 31.1 Å². The van der Waals surface area contributed by atoms with E-state index in [1.165, 1.54) is 0 Å². The molecule has 156 valence electrons. The van der Waals surface area contributed by atoms with E-state index in [1.54, 1.807) is 0 Å². The molecule has 2 aliphatic heterocycles. The van der Waals surface area contributed by atoms with Gasteiger partial charge in [-0.1, -0.05) is 30.3 Å². The fraction of sp³-hybridized carbons (Fsp3) is 0.435. The van der Waals surface area contributed by atoms with E-state index in [4.69, 9.17) is 19.6 Å². The summed E-state index contributed by atoms with van der Waals surface area (Å²) in [5.74, 6) is 1.79. The molecule has 0 radical (unpaired) electrons. The molecule has 4 heterocycles. The predicted octanol–water partition coefficient (Wildman–Crippen LogP) is 3.14. The molecule has 2 aromatic heterocycles. The number of pyridine rings is 1. The number of nitrogens with zero attached hydrogens (tertiary/aromatic N) is 5. The zero-order valence-electron chi connectivity index (χ0n) is 17.5. The molecule has 0 N–H and O–H groups in total. The Morgan fingerprint density at radius 1 is 0.833 bits per heavy atom. The van der Waals surface area contributed by atoms with Crippen molar-refractivity contribution in [3.63, 3.8) is 0 Å². The predicted molar refractivity (Wildman–Crippen MR) is 118 cm³/mol. The number of hydrogen-bond donors (Lipinski definition) is 0. The summed E-state index contributed by atoms with van der Waals surface area (Å²) in [5, 5.41) is 11.5. The van der Waals surface area contributed by atoms with E-state index in [-0.39, 0.29) is 12.2 Å². The lowest BCUT2D eigenvalue weighted by Crippen LogP contribution is -2.43. The molecule has 0 saturated carbocycles. The highest BCUT2D eigenvalue weighted by Gasteiger charge is 2.25. The van der Waals surface area contributed by atoms with E-state index >= 15 is 0 Å². The van der Waals surface area contributed by atoms with Gasteiger partial charge >= 0.3 is 0 Å². The molecule has 2 fully saturated rings. The van der Waals surface area contributed by atoms with Gasteiger partial charge in [0.25, 0.3) is 0 Å². The van der Waals surface area contributed by atoms with Gasteiger partial charge in [0, 0.05) is 48.7 Å². The number of hydrogen-bond acceptors (Lipinski definition) is 7. The molecular formula is C23H27N5O2. The van der Waals surface area contributed by atoms with Crippen molar-refractivity contribution in [1.82, 2.24) is 15.2 Å². The van der Waals surface area contributed by atoms with Crippen LogP contribution >= 0.6 is 0 Å². The van der Waals surface area contributed by atoms with Crippen molar-refractivity contribution in [2.75, 3.05) is 49.2 Å². The third-order valence-electron chi connectivity index (χ3n) is 5.78. The van der Waals surface area contributed by atoms with Crippen LogP contribution in [0, 0.1) is 0 Å². The molecule has 0 bridgehead atoms. The van der Waals surface area contributed by atoms with E-state index in [1.807, 2.05) is 24.4 Å². The lowest BCUT2D eigenvalue weighted by Gasteiger charge is -2.34. The lowest BCUT2D eigenvalue weighted by molar-refractivity contribution is 0.0524. The molecule has 30 heavy (non-hydrogen) atoms. The average molecular weight is 406 g/mol. The summed E-state index contributed by atoms with van der Waals surface area (Å²) in [6.45, 7) is 8.82. The fourth-order valence-electron chi connectivity index (χ4n) is 4.28. The van der Waals surface area contributed by atoms with Gasteiger partial charge in [-0.05, 0) is 19.9 Å². The van der Waals surface area contributed by atoms with Crippen molar-refractivity contribution in [1.29, 1.82) is 0 Å². The van der Waals surface area contributed by atoms with Crippen molar-refractivity contribution in [3.05, 3.63) is 42.6 Å². The number of ether oxygens (including phenoxy) is 2. The first-order valence-corrected chi connectivity index (χ1v) is 10.6. The third-order valence-corrected chi connectivity index (χ3v) is 5.78. The van der Waals surface area contributed by atoms with Gasteiger partial charge in [-0.2, -0.15) is 0 Å². The SMILES string of the molecule is CC1CN(c2nnc(N3CCOC(C)C3)c3cc(-c4ccccc4)ncc23)CCO1. The monoisotopic (exact) mass is 405 g/mol. The minimum Gasteiger partial charge on any atom is -0.375 e.